The SMILES string of the molecule is O=C(O)c1cccc(N2CC(Oc3ccc(COc4ccsn4)cc3)C2)c1Cn1cccc1. The number of aromatic carboxylic acids is 1. The third kappa shape index (κ3) is 4.85. The molecule has 0 saturated carbocycles. The molecule has 5 rings (SSSR count). The Kier molecular flexibility index (Phi) is 5.99. The van der Waals surface area contributed by atoms with E-state index in [1.165, 1.54) is 11.5 Å². The van der Waals surface area contributed by atoms with Crippen LogP contribution in [0, 0.1) is 0 Å². The zero-order valence-corrected chi connectivity index (χ0v) is 18.6. The summed E-state index contributed by atoms with van der Waals surface area (Å²) in [5.74, 6) is 0.535. The van der Waals surface area contributed by atoms with E-state index in [9.17, 15) is 9.90 Å². The molecular weight excluding hydrogens is 438 g/mol. The molecular formula is C25H23N3O4S. The smallest absolute Gasteiger partial charge is 0.336 e. The molecule has 1 aliphatic heterocycles. The molecule has 0 bridgehead atoms. The molecule has 0 unspecified atom stereocenters. The van der Waals surface area contributed by atoms with Crippen LogP contribution in [0.2, 0.25) is 0 Å². The molecule has 1 N–H and O–H groups in total. The zero-order chi connectivity index (χ0) is 22.6. The summed E-state index contributed by atoms with van der Waals surface area (Å²) in [6.45, 7) is 2.38. The van der Waals surface area contributed by atoms with Gasteiger partial charge in [-0.2, -0.15) is 4.37 Å². The summed E-state index contributed by atoms with van der Waals surface area (Å²) >= 11 is 1.37. The maximum Gasteiger partial charge on any atom is 0.336 e. The van der Waals surface area contributed by atoms with Gasteiger partial charge in [-0.3, -0.25) is 0 Å². The van der Waals surface area contributed by atoms with E-state index < -0.39 is 5.97 Å². The van der Waals surface area contributed by atoms with Crippen molar-refractivity contribution >= 4 is 23.2 Å². The number of carboxylic acid groups (broad SMARTS) is 1. The predicted molar refractivity (Wildman–Crippen MR) is 126 cm³/mol. The van der Waals surface area contributed by atoms with E-state index in [1.807, 2.05) is 70.9 Å². The van der Waals surface area contributed by atoms with Gasteiger partial charge in [0.25, 0.3) is 0 Å². The molecule has 1 aliphatic rings. The van der Waals surface area contributed by atoms with Gasteiger partial charge in [0.15, 0.2) is 0 Å². The molecule has 7 nitrogen and oxygen atoms in total. The third-order valence-electron chi connectivity index (χ3n) is 5.60. The Bertz CT molecular complexity index is 1200. The molecule has 4 aromatic rings. The minimum atomic E-state index is -0.911. The number of ether oxygens (including phenoxy) is 2. The minimum Gasteiger partial charge on any atom is -0.487 e. The largest absolute Gasteiger partial charge is 0.487 e. The van der Waals surface area contributed by atoms with Gasteiger partial charge >= 0.3 is 5.97 Å². The summed E-state index contributed by atoms with van der Waals surface area (Å²) in [4.78, 5) is 14.0. The van der Waals surface area contributed by atoms with Gasteiger partial charge in [0.05, 0.1) is 18.7 Å². The molecule has 1 saturated heterocycles. The van der Waals surface area contributed by atoms with E-state index in [4.69, 9.17) is 9.47 Å². The number of nitrogens with zero attached hydrogens (tertiary/aromatic N) is 3. The number of carboxylic acids is 1. The van der Waals surface area contributed by atoms with E-state index in [0.717, 1.165) is 22.6 Å². The van der Waals surface area contributed by atoms with Crippen LogP contribution >= 0.6 is 11.5 Å². The minimum absolute atomic E-state index is 0.0509. The standard InChI is InChI=1S/C25H23N3O4S/c29-25(30)21-4-3-5-23(22(21)16-27-11-1-2-12-27)28-14-20(15-28)32-19-8-6-18(7-9-19)17-31-24-10-13-33-26-24/h1-13,20H,14-17H2,(H,29,30). The molecule has 33 heavy (non-hydrogen) atoms. The van der Waals surface area contributed by atoms with E-state index >= 15 is 0 Å². The van der Waals surface area contributed by atoms with E-state index in [-0.39, 0.29) is 6.10 Å². The number of carbonyl (C=O) groups is 1. The van der Waals surface area contributed by atoms with Crippen molar-refractivity contribution in [2.24, 2.45) is 0 Å². The fourth-order valence-electron chi connectivity index (χ4n) is 3.89. The first-order valence-electron chi connectivity index (χ1n) is 10.7. The van der Waals surface area contributed by atoms with Gasteiger partial charge < -0.3 is 24.0 Å². The lowest BCUT2D eigenvalue weighted by molar-refractivity contribution is 0.0695. The monoisotopic (exact) mass is 461 g/mol. The Morgan fingerprint density at radius 1 is 1.06 bits per heavy atom. The lowest BCUT2D eigenvalue weighted by atomic mass is 10.0. The first kappa shape index (κ1) is 21.1. The summed E-state index contributed by atoms with van der Waals surface area (Å²) in [6, 6.07) is 19.1. The number of aromatic nitrogens is 2. The van der Waals surface area contributed by atoms with Gasteiger partial charge in [0, 0.05) is 41.6 Å². The second-order valence-corrected chi connectivity index (χ2v) is 8.54. The highest BCUT2D eigenvalue weighted by atomic mass is 32.1. The molecule has 2 aromatic heterocycles. The van der Waals surface area contributed by atoms with Crippen LogP contribution in [-0.2, 0) is 13.2 Å². The van der Waals surface area contributed by atoms with Crippen LogP contribution in [0.15, 0.2) is 78.4 Å². The fraction of sp³-hybridized carbons (Fsp3) is 0.200. The fourth-order valence-corrected chi connectivity index (χ4v) is 4.35. The second-order valence-electron chi connectivity index (χ2n) is 7.88. The van der Waals surface area contributed by atoms with Gasteiger partial charge in [0.2, 0.25) is 5.88 Å². The molecule has 3 heterocycles. The summed E-state index contributed by atoms with van der Waals surface area (Å²) < 4.78 is 17.9. The Morgan fingerprint density at radius 3 is 2.55 bits per heavy atom. The Labute approximate surface area is 195 Å². The van der Waals surface area contributed by atoms with Gasteiger partial charge in [-0.25, -0.2) is 4.79 Å². The van der Waals surface area contributed by atoms with Crippen LogP contribution in [0.1, 0.15) is 21.5 Å². The van der Waals surface area contributed by atoms with Crippen molar-refractivity contribution in [1.82, 2.24) is 8.94 Å². The second kappa shape index (κ2) is 9.38. The summed E-state index contributed by atoms with van der Waals surface area (Å²) in [5, 5.41) is 11.6. The highest BCUT2D eigenvalue weighted by Crippen LogP contribution is 2.30. The molecule has 1 fully saturated rings. The molecule has 2 aromatic carbocycles. The molecule has 0 spiro atoms. The highest BCUT2D eigenvalue weighted by Gasteiger charge is 2.31. The van der Waals surface area contributed by atoms with Crippen LogP contribution in [0.25, 0.3) is 0 Å². The van der Waals surface area contributed by atoms with E-state index in [2.05, 4.69) is 9.27 Å². The first-order valence-corrected chi connectivity index (χ1v) is 11.5. The van der Waals surface area contributed by atoms with Crippen molar-refractivity contribution in [2.75, 3.05) is 18.0 Å². The van der Waals surface area contributed by atoms with Crippen molar-refractivity contribution < 1.29 is 19.4 Å². The molecule has 0 amide bonds. The Balaban J connectivity index is 1.21. The number of anilines is 1. The van der Waals surface area contributed by atoms with Crippen LogP contribution in [0.4, 0.5) is 5.69 Å². The summed E-state index contributed by atoms with van der Waals surface area (Å²) in [6.07, 6.45) is 3.93. The Morgan fingerprint density at radius 2 is 1.85 bits per heavy atom. The van der Waals surface area contributed by atoms with Crippen LogP contribution < -0.4 is 14.4 Å². The predicted octanol–water partition coefficient (Wildman–Crippen LogP) is 4.54. The van der Waals surface area contributed by atoms with E-state index in [1.54, 1.807) is 12.1 Å². The normalized spacial score (nSPS) is 13.5. The summed E-state index contributed by atoms with van der Waals surface area (Å²) in [5.41, 5.74) is 3.13. The van der Waals surface area contributed by atoms with Crippen molar-refractivity contribution in [3.8, 4) is 11.6 Å². The van der Waals surface area contributed by atoms with Gasteiger partial charge in [0.1, 0.15) is 18.5 Å². The third-order valence-corrected chi connectivity index (χ3v) is 6.15. The molecule has 0 aliphatic carbocycles. The lowest BCUT2D eigenvalue weighted by Crippen LogP contribution is -2.54. The van der Waals surface area contributed by atoms with E-state index in [0.29, 0.717) is 37.7 Å². The molecule has 168 valence electrons. The van der Waals surface area contributed by atoms with Crippen LogP contribution in [0.5, 0.6) is 11.6 Å². The average Bonchev–Trinajstić information content (AvgIpc) is 3.50. The maximum atomic E-state index is 11.8. The molecule has 0 atom stereocenters. The quantitative estimate of drug-likeness (QED) is 0.394. The topological polar surface area (TPSA) is 76.8 Å². The van der Waals surface area contributed by atoms with Crippen molar-refractivity contribution in [2.45, 2.75) is 19.3 Å². The van der Waals surface area contributed by atoms with Gasteiger partial charge in [-0.1, -0.05) is 18.2 Å². The lowest BCUT2D eigenvalue weighted by Gasteiger charge is -2.41. The van der Waals surface area contributed by atoms with Gasteiger partial charge in [-0.05, 0) is 53.5 Å². The van der Waals surface area contributed by atoms with Crippen molar-refractivity contribution in [3.05, 3.63) is 95.1 Å². The molecule has 0 radical (unpaired) electrons. The van der Waals surface area contributed by atoms with Crippen molar-refractivity contribution in [1.29, 1.82) is 0 Å². The molecule has 8 heteroatoms. The number of hydrogen-bond donors (Lipinski definition) is 1. The summed E-state index contributed by atoms with van der Waals surface area (Å²) in [7, 11) is 0. The zero-order valence-electron chi connectivity index (χ0n) is 17.8. The Hall–Kier alpha value is -3.78. The number of hydrogen-bond acceptors (Lipinski definition) is 6. The number of benzene rings is 2. The van der Waals surface area contributed by atoms with Crippen molar-refractivity contribution in [3.63, 3.8) is 0 Å². The number of rotatable bonds is 9. The highest BCUT2D eigenvalue weighted by molar-refractivity contribution is 7.03. The van der Waals surface area contributed by atoms with Crippen LogP contribution in [0.3, 0.4) is 0 Å². The first-order chi connectivity index (χ1) is 16.2. The van der Waals surface area contributed by atoms with Gasteiger partial charge in [-0.15, -0.1) is 0 Å². The average molecular weight is 462 g/mol. The maximum absolute atomic E-state index is 11.8. The van der Waals surface area contributed by atoms with Crippen LogP contribution in [-0.4, -0.2) is 39.2 Å².